The zero-order chi connectivity index (χ0) is 27.4. The second-order valence-corrected chi connectivity index (χ2v) is 13.3. The van der Waals surface area contributed by atoms with Crippen LogP contribution in [0, 0.1) is 5.92 Å². The van der Waals surface area contributed by atoms with Crippen LogP contribution in [0.1, 0.15) is 43.1 Å². The van der Waals surface area contributed by atoms with E-state index in [1.54, 1.807) is 30.3 Å². The first-order valence-corrected chi connectivity index (χ1v) is 15.5. The molecule has 0 aliphatic rings. The van der Waals surface area contributed by atoms with Gasteiger partial charge in [0.05, 0.1) is 16.4 Å². The van der Waals surface area contributed by atoms with E-state index < -0.39 is 25.8 Å². The fourth-order valence-corrected chi connectivity index (χ4v) is 5.53. The predicted molar refractivity (Wildman–Crippen MR) is 145 cm³/mol. The van der Waals surface area contributed by atoms with Gasteiger partial charge in [-0.3, -0.25) is 4.79 Å². The van der Waals surface area contributed by atoms with Gasteiger partial charge in [-0.25, -0.2) is 21.6 Å². The van der Waals surface area contributed by atoms with Crippen LogP contribution in [-0.4, -0.2) is 35.6 Å². The maximum Gasteiger partial charge on any atom is 0.265 e. The molecule has 3 aromatic rings. The summed E-state index contributed by atoms with van der Waals surface area (Å²) >= 11 is 6.25. The highest BCUT2D eigenvalue weighted by atomic mass is 35.5. The van der Waals surface area contributed by atoms with E-state index in [9.17, 15) is 21.6 Å². The third-order valence-corrected chi connectivity index (χ3v) is 8.19. The number of benzene rings is 3. The normalized spacial score (nSPS) is 11.9. The van der Waals surface area contributed by atoms with Crippen molar-refractivity contribution in [2.24, 2.45) is 5.92 Å². The molecule has 3 aromatic carbocycles. The first-order valence-electron chi connectivity index (χ1n) is 11.7. The molecule has 3 rings (SSSR count). The van der Waals surface area contributed by atoms with Gasteiger partial charge < -0.3 is 4.74 Å². The average Bonchev–Trinajstić information content (AvgIpc) is 2.82. The number of sulfone groups is 1. The predicted octanol–water partition coefficient (Wildman–Crippen LogP) is 5.52. The Morgan fingerprint density at radius 3 is 2.19 bits per heavy atom. The number of halogens is 1. The molecule has 0 bridgehead atoms. The topological polar surface area (TPSA) is 107 Å². The molecule has 198 valence electrons. The minimum Gasteiger partial charge on any atom is -0.493 e. The molecule has 0 radical (unpaired) electrons. The van der Waals surface area contributed by atoms with Crippen molar-refractivity contribution in [1.82, 2.24) is 4.72 Å². The van der Waals surface area contributed by atoms with Crippen molar-refractivity contribution in [2.45, 2.75) is 43.4 Å². The smallest absolute Gasteiger partial charge is 0.265 e. The number of carbonyl (C=O) groups excluding carboxylic acids is 1. The fraction of sp³-hybridized carbons (Fsp3) is 0.296. The molecule has 1 amide bonds. The highest BCUT2D eigenvalue weighted by Crippen LogP contribution is 2.34. The Balaban J connectivity index is 1.97. The molecule has 0 saturated heterocycles. The molecule has 37 heavy (non-hydrogen) atoms. The van der Waals surface area contributed by atoms with Gasteiger partial charge in [0.2, 0.25) is 0 Å². The Kier molecular flexibility index (Phi) is 9.05. The summed E-state index contributed by atoms with van der Waals surface area (Å²) in [5, 5.41) is 0.541. The summed E-state index contributed by atoms with van der Waals surface area (Å²) in [4.78, 5) is 12.9. The molecule has 7 nitrogen and oxygen atoms in total. The number of rotatable bonds is 10. The molecule has 0 aliphatic heterocycles. The standard InChI is InChI=1S/C27H30ClNO6S2/c1-5-14-35-26-13-7-21(28)17-25(26)19-6-12-24(20(16-19)15-18(2)3)27(30)29-37(33,34)23-10-8-22(9-11-23)36(4,31)32/h6-13,16-18H,5,14-15H2,1-4H3,(H,29,30). The Morgan fingerprint density at radius 2 is 1.59 bits per heavy atom. The summed E-state index contributed by atoms with van der Waals surface area (Å²) in [6, 6.07) is 15.2. The molecule has 0 aliphatic carbocycles. The number of amides is 1. The number of hydrogen-bond donors (Lipinski definition) is 1. The molecular formula is C27H30ClNO6S2. The first kappa shape index (κ1) is 28.7. The number of carbonyl (C=O) groups is 1. The Morgan fingerprint density at radius 1 is 0.946 bits per heavy atom. The van der Waals surface area contributed by atoms with Crippen LogP contribution in [0.15, 0.2) is 70.5 Å². The maximum atomic E-state index is 13.1. The van der Waals surface area contributed by atoms with Gasteiger partial charge >= 0.3 is 0 Å². The quantitative estimate of drug-likeness (QED) is 0.348. The molecular weight excluding hydrogens is 534 g/mol. The summed E-state index contributed by atoms with van der Waals surface area (Å²) < 4.78 is 57.1. The van der Waals surface area contributed by atoms with Crippen molar-refractivity contribution in [3.05, 3.63) is 76.8 Å². The van der Waals surface area contributed by atoms with Crippen LogP contribution < -0.4 is 9.46 Å². The van der Waals surface area contributed by atoms with Crippen LogP contribution in [0.2, 0.25) is 5.02 Å². The zero-order valence-corrected chi connectivity index (χ0v) is 23.5. The Hall–Kier alpha value is -2.88. The van der Waals surface area contributed by atoms with Crippen LogP contribution in [0.4, 0.5) is 0 Å². The van der Waals surface area contributed by atoms with Crippen molar-refractivity contribution in [1.29, 1.82) is 0 Å². The van der Waals surface area contributed by atoms with Gasteiger partial charge in [0.15, 0.2) is 9.84 Å². The van der Waals surface area contributed by atoms with Crippen molar-refractivity contribution >= 4 is 37.4 Å². The zero-order valence-electron chi connectivity index (χ0n) is 21.1. The molecule has 0 fully saturated rings. The van der Waals surface area contributed by atoms with E-state index in [1.165, 1.54) is 12.1 Å². The lowest BCUT2D eigenvalue weighted by Crippen LogP contribution is -2.31. The summed E-state index contributed by atoms with van der Waals surface area (Å²) in [5.41, 5.74) is 2.47. The maximum absolute atomic E-state index is 13.1. The minimum atomic E-state index is -4.23. The molecule has 10 heteroatoms. The molecule has 1 N–H and O–H groups in total. The van der Waals surface area contributed by atoms with E-state index in [0.29, 0.717) is 29.4 Å². The van der Waals surface area contributed by atoms with Crippen LogP contribution in [-0.2, 0) is 26.3 Å². The van der Waals surface area contributed by atoms with E-state index in [0.717, 1.165) is 35.9 Å². The van der Waals surface area contributed by atoms with E-state index in [4.69, 9.17) is 16.3 Å². The third kappa shape index (κ3) is 7.34. The molecule has 0 spiro atoms. The first-order chi connectivity index (χ1) is 17.3. The number of sulfonamides is 1. The van der Waals surface area contributed by atoms with Crippen molar-refractivity contribution < 1.29 is 26.4 Å². The van der Waals surface area contributed by atoms with Crippen LogP contribution in [0.25, 0.3) is 11.1 Å². The van der Waals surface area contributed by atoms with E-state index in [1.807, 2.05) is 26.8 Å². The lowest BCUT2D eigenvalue weighted by molar-refractivity contribution is 0.0980. The van der Waals surface area contributed by atoms with Crippen LogP contribution in [0.5, 0.6) is 5.75 Å². The van der Waals surface area contributed by atoms with Crippen LogP contribution in [0.3, 0.4) is 0 Å². The van der Waals surface area contributed by atoms with Gasteiger partial charge in [-0.05, 0) is 78.4 Å². The number of nitrogens with one attached hydrogen (secondary N) is 1. The van der Waals surface area contributed by atoms with Crippen molar-refractivity contribution in [2.75, 3.05) is 12.9 Å². The summed E-state index contributed by atoms with van der Waals surface area (Å²) in [7, 11) is -7.72. The molecule has 0 aromatic heterocycles. The van der Waals surface area contributed by atoms with E-state index in [-0.39, 0.29) is 21.3 Å². The lowest BCUT2D eigenvalue weighted by atomic mass is 9.93. The van der Waals surface area contributed by atoms with Gasteiger partial charge in [-0.15, -0.1) is 0 Å². The van der Waals surface area contributed by atoms with Crippen molar-refractivity contribution in [3.63, 3.8) is 0 Å². The molecule has 0 atom stereocenters. The molecule has 0 heterocycles. The van der Waals surface area contributed by atoms with Gasteiger partial charge in [-0.2, -0.15) is 0 Å². The second kappa shape index (κ2) is 11.7. The van der Waals surface area contributed by atoms with E-state index in [2.05, 4.69) is 4.72 Å². The van der Waals surface area contributed by atoms with E-state index >= 15 is 0 Å². The summed E-state index contributed by atoms with van der Waals surface area (Å²) in [6.45, 7) is 6.56. The average molecular weight is 564 g/mol. The molecule has 0 saturated carbocycles. The Bertz CT molecular complexity index is 1500. The van der Waals surface area contributed by atoms with Crippen molar-refractivity contribution in [3.8, 4) is 16.9 Å². The summed E-state index contributed by atoms with van der Waals surface area (Å²) in [5.74, 6) is 0.0825. The third-order valence-electron chi connectivity index (χ3n) is 5.48. The Labute approximate surface area is 223 Å². The fourth-order valence-electron chi connectivity index (χ4n) is 3.76. The highest BCUT2D eigenvalue weighted by Gasteiger charge is 2.22. The van der Waals surface area contributed by atoms with Gasteiger partial charge in [0.25, 0.3) is 15.9 Å². The largest absolute Gasteiger partial charge is 0.493 e. The van der Waals surface area contributed by atoms with Crippen LogP contribution >= 0.6 is 11.6 Å². The second-order valence-electron chi connectivity index (χ2n) is 9.14. The number of hydrogen-bond acceptors (Lipinski definition) is 6. The lowest BCUT2D eigenvalue weighted by Gasteiger charge is -2.16. The van der Waals surface area contributed by atoms with Gasteiger partial charge in [0.1, 0.15) is 5.75 Å². The highest BCUT2D eigenvalue weighted by molar-refractivity contribution is 7.91. The van der Waals surface area contributed by atoms with Gasteiger partial charge in [-0.1, -0.05) is 44.5 Å². The molecule has 0 unspecified atom stereocenters. The number of ether oxygens (including phenoxy) is 1. The monoisotopic (exact) mass is 563 g/mol. The minimum absolute atomic E-state index is 0.0177. The summed E-state index contributed by atoms with van der Waals surface area (Å²) in [6.07, 6.45) is 2.40. The van der Waals surface area contributed by atoms with Gasteiger partial charge in [0, 0.05) is 22.4 Å². The SMILES string of the molecule is CCCOc1ccc(Cl)cc1-c1ccc(C(=O)NS(=O)(=O)c2ccc(S(C)(=O)=O)cc2)c(CC(C)C)c1.